The predicted octanol–water partition coefficient (Wildman–Crippen LogP) is 3.13. The number of aliphatic hydroxyl groups is 3. The van der Waals surface area contributed by atoms with Crippen LogP contribution in [0.2, 0.25) is 0 Å². The molecule has 3 N–H and O–H groups in total. The zero-order valence-corrected chi connectivity index (χ0v) is 19.7. The van der Waals surface area contributed by atoms with Crippen molar-refractivity contribution in [1.29, 1.82) is 0 Å². The van der Waals surface area contributed by atoms with Crippen molar-refractivity contribution in [2.24, 2.45) is 5.92 Å². The van der Waals surface area contributed by atoms with Crippen molar-refractivity contribution in [2.75, 3.05) is 13.2 Å². The first-order valence-electron chi connectivity index (χ1n) is 12.0. The fraction of sp³-hybridized carbons (Fsp3) is 0.556. The Hall–Kier alpha value is -1.96. The minimum Gasteiger partial charge on any atom is -0.488 e. The number of hydrogen-bond acceptors (Lipinski definition) is 6. The Morgan fingerprint density at radius 2 is 1.67 bits per heavy atom. The maximum absolute atomic E-state index is 10.6. The van der Waals surface area contributed by atoms with Gasteiger partial charge in [-0.15, -0.1) is 0 Å². The molecule has 0 saturated carbocycles. The molecule has 2 heterocycles. The lowest BCUT2D eigenvalue weighted by atomic mass is 9.91. The summed E-state index contributed by atoms with van der Waals surface area (Å²) in [6.45, 7) is 6.96. The topological polar surface area (TPSA) is 88.4 Å². The fourth-order valence-electron chi connectivity index (χ4n) is 4.66. The van der Waals surface area contributed by atoms with Gasteiger partial charge in [0.15, 0.2) is 0 Å². The lowest BCUT2D eigenvalue weighted by Gasteiger charge is -2.26. The Labute approximate surface area is 196 Å². The van der Waals surface area contributed by atoms with Crippen LogP contribution in [0.25, 0.3) is 0 Å². The van der Waals surface area contributed by atoms with Crippen LogP contribution in [0.1, 0.15) is 48.6 Å². The Bertz CT molecular complexity index is 913. The number of aliphatic hydroxyl groups excluding tert-OH is 3. The molecule has 6 nitrogen and oxygen atoms in total. The third-order valence-electron chi connectivity index (χ3n) is 7.03. The van der Waals surface area contributed by atoms with E-state index in [0.717, 1.165) is 37.2 Å². The highest BCUT2D eigenvalue weighted by molar-refractivity contribution is 5.35. The third-order valence-corrected chi connectivity index (χ3v) is 7.03. The van der Waals surface area contributed by atoms with Crippen molar-refractivity contribution >= 4 is 0 Å². The van der Waals surface area contributed by atoms with Crippen LogP contribution in [0.5, 0.6) is 5.75 Å². The standard InChI is InChI=1S/C27H36O6/c1-16-4-8-21(27-26(30)25(29)24(28)17(2)15-32-27)14-20(16)9-5-19-6-10-22(11-7-19)33-23-12-13-31-18(23)3/h4,6-8,10-11,14,17-18,23-30H,5,9,12-13,15H2,1-3H3/t17?,18?,23?,24-,25?,26?,27?/m1/s1. The Kier molecular flexibility index (Phi) is 7.72. The molecule has 0 aliphatic carbocycles. The van der Waals surface area contributed by atoms with Crippen LogP contribution < -0.4 is 4.74 Å². The minimum absolute atomic E-state index is 0.116. The van der Waals surface area contributed by atoms with E-state index >= 15 is 0 Å². The molecule has 2 aromatic carbocycles. The highest BCUT2D eigenvalue weighted by Crippen LogP contribution is 2.32. The van der Waals surface area contributed by atoms with Crippen LogP contribution in [0, 0.1) is 12.8 Å². The summed E-state index contributed by atoms with van der Waals surface area (Å²) in [4.78, 5) is 0. The van der Waals surface area contributed by atoms with Gasteiger partial charge < -0.3 is 29.5 Å². The smallest absolute Gasteiger partial charge is 0.127 e. The molecular formula is C27H36O6. The third kappa shape index (κ3) is 5.58. The Balaban J connectivity index is 1.41. The molecule has 0 bridgehead atoms. The van der Waals surface area contributed by atoms with E-state index in [1.54, 1.807) is 0 Å². The van der Waals surface area contributed by atoms with E-state index in [2.05, 4.69) is 25.1 Å². The van der Waals surface area contributed by atoms with Crippen molar-refractivity contribution in [2.45, 2.75) is 76.7 Å². The van der Waals surface area contributed by atoms with Gasteiger partial charge in [-0.3, -0.25) is 0 Å². The van der Waals surface area contributed by atoms with E-state index in [0.29, 0.717) is 0 Å². The minimum atomic E-state index is -1.24. The highest BCUT2D eigenvalue weighted by atomic mass is 16.6. The maximum atomic E-state index is 10.6. The summed E-state index contributed by atoms with van der Waals surface area (Å²) in [7, 11) is 0. The van der Waals surface area contributed by atoms with Gasteiger partial charge in [0.1, 0.15) is 30.2 Å². The van der Waals surface area contributed by atoms with Gasteiger partial charge in [0, 0.05) is 12.3 Å². The lowest BCUT2D eigenvalue weighted by molar-refractivity contribution is -0.0962. The van der Waals surface area contributed by atoms with Gasteiger partial charge in [-0.2, -0.15) is 0 Å². The second-order valence-electron chi connectivity index (χ2n) is 9.55. The van der Waals surface area contributed by atoms with Gasteiger partial charge in [-0.25, -0.2) is 0 Å². The first-order chi connectivity index (χ1) is 15.8. The van der Waals surface area contributed by atoms with E-state index in [4.69, 9.17) is 14.2 Å². The largest absolute Gasteiger partial charge is 0.488 e. The molecule has 6 heteroatoms. The van der Waals surface area contributed by atoms with Gasteiger partial charge in [0.2, 0.25) is 0 Å². The molecule has 0 amide bonds. The van der Waals surface area contributed by atoms with E-state index in [1.165, 1.54) is 16.7 Å². The monoisotopic (exact) mass is 456 g/mol. The summed E-state index contributed by atoms with van der Waals surface area (Å²) in [5, 5.41) is 31.1. The summed E-state index contributed by atoms with van der Waals surface area (Å²) in [6.07, 6.45) is -1.21. The summed E-state index contributed by atoms with van der Waals surface area (Å²) < 4.78 is 17.5. The normalized spacial score (nSPS) is 32.5. The number of aryl methyl sites for hydroxylation is 3. The molecule has 2 aliphatic heterocycles. The lowest BCUT2D eigenvalue weighted by Crippen LogP contribution is -2.41. The molecular weight excluding hydrogens is 420 g/mol. The molecule has 6 unspecified atom stereocenters. The fourth-order valence-corrected chi connectivity index (χ4v) is 4.66. The van der Waals surface area contributed by atoms with Crippen molar-refractivity contribution in [3.63, 3.8) is 0 Å². The van der Waals surface area contributed by atoms with E-state index in [1.807, 2.05) is 38.1 Å². The molecule has 7 atom stereocenters. The zero-order chi connectivity index (χ0) is 23.5. The molecule has 2 saturated heterocycles. The first kappa shape index (κ1) is 24.2. The summed E-state index contributed by atoms with van der Waals surface area (Å²) in [6, 6.07) is 14.3. The molecule has 2 aromatic rings. The summed E-state index contributed by atoms with van der Waals surface area (Å²) in [5.74, 6) is 0.620. The second kappa shape index (κ2) is 10.5. The highest BCUT2D eigenvalue weighted by Gasteiger charge is 2.39. The van der Waals surface area contributed by atoms with E-state index < -0.39 is 24.4 Å². The summed E-state index contributed by atoms with van der Waals surface area (Å²) in [5.41, 5.74) is 4.39. The predicted molar refractivity (Wildman–Crippen MR) is 125 cm³/mol. The van der Waals surface area contributed by atoms with Crippen LogP contribution in [0.4, 0.5) is 0 Å². The number of rotatable bonds is 6. The van der Waals surface area contributed by atoms with Crippen LogP contribution in [-0.2, 0) is 22.3 Å². The molecule has 2 aliphatic rings. The van der Waals surface area contributed by atoms with Crippen molar-refractivity contribution < 1.29 is 29.5 Å². The SMILES string of the molecule is Cc1ccc(C2OCC(C)[C@@H](O)C(O)C2O)cc1CCc1ccc(OC2CCOC2C)cc1. The quantitative estimate of drug-likeness (QED) is 0.619. The van der Waals surface area contributed by atoms with E-state index in [9.17, 15) is 15.3 Å². The first-order valence-corrected chi connectivity index (χ1v) is 12.0. The Morgan fingerprint density at radius 3 is 2.36 bits per heavy atom. The van der Waals surface area contributed by atoms with Gasteiger partial charge in [0.25, 0.3) is 0 Å². The maximum Gasteiger partial charge on any atom is 0.127 e. The average molecular weight is 457 g/mol. The van der Waals surface area contributed by atoms with Crippen LogP contribution >= 0.6 is 0 Å². The van der Waals surface area contributed by atoms with Gasteiger partial charge >= 0.3 is 0 Å². The van der Waals surface area contributed by atoms with Crippen LogP contribution in [-0.4, -0.2) is 59.1 Å². The van der Waals surface area contributed by atoms with Gasteiger partial charge in [-0.1, -0.05) is 37.3 Å². The van der Waals surface area contributed by atoms with Crippen molar-refractivity contribution in [3.8, 4) is 5.75 Å². The summed E-state index contributed by atoms with van der Waals surface area (Å²) >= 11 is 0. The molecule has 2 fully saturated rings. The van der Waals surface area contributed by atoms with Crippen LogP contribution in [0.3, 0.4) is 0 Å². The van der Waals surface area contributed by atoms with Crippen LogP contribution in [0.15, 0.2) is 42.5 Å². The van der Waals surface area contributed by atoms with E-state index in [-0.39, 0.29) is 24.7 Å². The average Bonchev–Trinajstić information content (AvgIpc) is 3.19. The van der Waals surface area contributed by atoms with Gasteiger partial charge in [0.05, 0.1) is 25.4 Å². The Morgan fingerprint density at radius 1 is 0.909 bits per heavy atom. The molecule has 0 radical (unpaired) electrons. The molecule has 33 heavy (non-hydrogen) atoms. The number of benzene rings is 2. The molecule has 0 spiro atoms. The van der Waals surface area contributed by atoms with Crippen molar-refractivity contribution in [3.05, 3.63) is 64.7 Å². The molecule has 180 valence electrons. The number of ether oxygens (including phenoxy) is 3. The van der Waals surface area contributed by atoms with Crippen molar-refractivity contribution in [1.82, 2.24) is 0 Å². The zero-order valence-electron chi connectivity index (χ0n) is 19.7. The molecule has 0 aromatic heterocycles. The van der Waals surface area contributed by atoms with Gasteiger partial charge in [-0.05, 0) is 61.1 Å². The second-order valence-corrected chi connectivity index (χ2v) is 9.55. The molecule has 4 rings (SSSR count). The number of hydrogen-bond donors (Lipinski definition) is 3.